The molecule has 0 radical (unpaired) electrons. The first-order chi connectivity index (χ1) is 15.5. The van der Waals surface area contributed by atoms with Crippen LogP contribution in [0.25, 0.3) is 20.8 Å². The molecule has 0 bridgehead atoms. The Balaban J connectivity index is 1.37. The van der Waals surface area contributed by atoms with Crippen molar-refractivity contribution in [2.75, 3.05) is 5.32 Å². The summed E-state index contributed by atoms with van der Waals surface area (Å²) in [5, 5.41) is 16.1. The van der Waals surface area contributed by atoms with Crippen molar-refractivity contribution in [3.05, 3.63) is 83.9 Å². The summed E-state index contributed by atoms with van der Waals surface area (Å²) in [4.78, 5) is 28.7. The number of aliphatic carboxylic acids is 1. The number of nitrogens with one attached hydrogen (secondary N) is 2. The Bertz CT molecular complexity index is 1240. The van der Waals surface area contributed by atoms with Crippen LogP contribution in [-0.2, 0) is 16.1 Å². The van der Waals surface area contributed by atoms with Crippen LogP contribution in [0.1, 0.15) is 17.5 Å². The maximum atomic E-state index is 12.4. The normalized spacial score (nSPS) is 11.9. The van der Waals surface area contributed by atoms with Crippen LogP contribution in [0, 0.1) is 6.92 Å². The molecule has 0 spiro atoms. The largest absolute Gasteiger partial charge is 0.480 e. The number of rotatable bonds is 8. The van der Waals surface area contributed by atoms with Gasteiger partial charge in [0.2, 0.25) is 5.91 Å². The van der Waals surface area contributed by atoms with E-state index in [0.29, 0.717) is 12.2 Å². The molecule has 3 N–H and O–H groups in total. The number of benzene rings is 3. The summed E-state index contributed by atoms with van der Waals surface area (Å²) in [6.45, 7) is 2.43. The minimum absolute atomic E-state index is 0.166. The van der Waals surface area contributed by atoms with Gasteiger partial charge >= 0.3 is 5.97 Å². The fourth-order valence-corrected chi connectivity index (χ4v) is 4.40. The predicted octanol–water partition coefficient (Wildman–Crippen LogP) is 4.84. The fourth-order valence-electron chi connectivity index (χ4n) is 3.33. The molecule has 0 saturated heterocycles. The van der Waals surface area contributed by atoms with E-state index in [9.17, 15) is 14.7 Å². The Kier molecular flexibility index (Phi) is 6.58. The van der Waals surface area contributed by atoms with Crippen molar-refractivity contribution >= 4 is 39.1 Å². The average Bonchev–Trinajstić information content (AvgIpc) is 3.21. The van der Waals surface area contributed by atoms with Gasteiger partial charge < -0.3 is 10.4 Å². The van der Waals surface area contributed by atoms with Crippen LogP contribution in [0.5, 0.6) is 0 Å². The number of hydrogen-bond donors (Lipinski definition) is 3. The van der Waals surface area contributed by atoms with Crippen molar-refractivity contribution in [2.24, 2.45) is 0 Å². The first-order valence-electron chi connectivity index (χ1n) is 10.3. The highest BCUT2D eigenvalue weighted by Crippen LogP contribution is 2.31. The number of carbonyl (C=O) groups is 2. The molecule has 1 atom stereocenters. The monoisotopic (exact) mass is 445 g/mol. The highest BCUT2D eigenvalue weighted by Gasteiger charge is 2.21. The number of aromatic nitrogens is 1. The second kappa shape index (κ2) is 9.72. The van der Waals surface area contributed by atoms with Crippen LogP contribution in [0.4, 0.5) is 5.69 Å². The van der Waals surface area contributed by atoms with E-state index in [1.165, 1.54) is 5.56 Å². The Hall–Kier alpha value is -3.55. The third-order valence-electron chi connectivity index (χ3n) is 5.04. The van der Waals surface area contributed by atoms with Crippen molar-refractivity contribution in [3.8, 4) is 10.6 Å². The molecule has 162 valence electrons. The summed E-state index contributed by atoms with van der Waals surface area (Å²) in [6, 6.07) is 22.1. The molecule has 4 rings (SSSR count). The van der Waals surface area contributed by atoms with Gasteiger partial charge in [-0.25, -0.2) is 4.98 Å². The van der Waals surface area contributed by atoms with Crippen molar-refractivity contribution in [1.82, 2.24) is 10.3 Å². The topological polar surface area (TPSA) is 91.3 Å². The summed E-state index contributed by atoms with van der Waals surface area (Å²) in [6.07, 6.45) is -0.166. The Morgan fingerprint density at radius 2 is 1.78 bits per heavy atom. The summed E-state index contributed by atoms with van der Waals surface area (Å²) in [7, 11) is 0. The molecular formula is C25H23N3O3S. The smallest absolute Gasteiger partial charge is 0.321 e. The molecule has 0 fully saturated rings. The standard InChI is InChI=1S/C25H23N3O3S/c1-16-7-12-20-22(13-16)32-24(28-20)18-8-10-19(11-9-18)27-23(29)14-21(25(30)31)26-15-17-5-3-2-4-6-17/h2-13,21,26H,14-15H2,1H3,(H,27,29)(H,30,31). The minimum atomic E-state index is -1.06. The number of fused-ring (bicyclic) bond motifs is 1. The van der Waals surface area contributed by atoms with E-state index in [4.69, 9.17) is 0 Å². The molecule has 0 aliphatic heterocycles. The number of carboxylic acid groups (broad SMARTS) is 1. The van der Waals surface area contributed by atoms with Crippen molar-refractivity contribution in [1.29, 1.82) is 0 Å². The van der Waals surface area contributed by atoms with Crippen LogP contribution >= 0.6 is 11.3 Å². The van der Waals surface area contributed by atoms with E-state index in [1.54, 1.807) is 23.5 Å². The van der Waals surface area contributed by atoms with Gasteiger partial charge in [-0.05, 0) is 54.4 Å². The molecule has 0 saturated carbocycles. The van der Waals surface area contributed by atoms with Crippen LogP contribution in [-0.4, -0.2) is 28.0 Å². The van der Waals surface area contributed by atoms with Gasteiger partial charge in [0.05, 0.1) is 16.6 Å². The number of nitrogens with zero attached hydrogens (tertiary/aromatic N) is 1. The first-order valence-corrected chi connectivity index (χ1v) is 11.1. The van der Waals surface area contributed by atoms with Crippen LogP contribution in [0.2, 0.25) is 0 Å². The zero-order chi connectivity index (χ0) is 22.5. The van der Waals surface area contributed by atoms with Crippen molar-refractivity contribution in [2.45, 2.75) is 25.9 Å². The van der Waals surface area contributed by atoms with Gasteiger partial charge in [0, 0.05) is 17.8 Å². The van der Waals surface area contributed by atoms with E-state index in [1.807, 2.05) is 54.6 Å². The summed E-state index contributed by atoms with van der Waals surface area (Å²) in [5.41, 5.74) is 4.71. The number of anilines is 1. The summed E-state index contributed by atoms with van der Waals surface area (Å²) >= 11 is 1.63. The molecule has 1 heterocycles. The minimum Gasteiger partial charge on any atom is -0.480 e. The lowest BCUT2D eigenvalue weighted by Crippen LogP contribution is -2.39. The Morgan fingerprint density at radius 1 is 1.03 bits per heavy atom. The van der Waals surface area contributed by atoms with Crippen LogP contribution < -0.4 is 10.6 Å². The van der Waals surface area contributed by atoms with Gasteiger partial charge in [0.25, 0.3) is 0 Å². The SMILES string of the molecule is Cc1ccc2nc(-c3ccc(NC(=O)CC(NCc4ccccc4)C(=O)O)cc3)sc2c1. The number of carbonyl (C=O) groups excluding carboxylic acids is 1. The van der Waals surface area contributed by atoms with E-state index >= 15 is 0 Å². The van der Waals surface area contributed by atoms with Crippen LogP contribution in [0.15, 0.2) is 72.8 Å². The lowest BCUT2D eigenvalue weighted by atomic mass is 10.1. The quantitative estimate of drug-likeness (QED) is 0.361. The molecule has 4 aromatic rings. The molecule has 6 nitrogen and oxygen atoms in total. The van der Waals surface area contributed by atoms with E-state index in [0.717, 1.165) is 26.4 Å². The number of aryl methyl sites for hydroxylation is 1. The number of thiazole rings is 1. The van der Waals surface area contributed by atoms with E-state index < -0.39 is 12.0 Å². The zero-order valence-electron chi connectivity index (χ0n) is 17.5. The maximum Gasteiger partial charge on any atom is 0.321 e. The number of carboxylic acids is 1. The average molecular weight is 446 g/mol. The predicted molar refractivity (Wildman–Crippen MR) is 128 cm³/mol. The molecule has 0 aliphatic rings. The third kappa shape index (κ3) is 5.38. The second-order valence-electron chi connectivity index (χ2n) is 7.58. The summed E-state index contributed by atoms with van der Waals surface area (Å²) < 4.78 is 1.14. The number of amides is 1. The molecule has 1 unspecified atom stereocenters. The zero-order valence-corrected chi connectivity index (χ0v) is 18.4. The van der Waals surface area contributed by atoms with Crippen LogP contribution in [0.3, 0.4) is 0 Å². The molecule has 1 amide bonds. The maximum absolute atomic E-state index is 12.4. The van der Waals surface area contributed by atoms with Crippen molar-refractivity contribution in [3.63, 3.8) is 0 Å². The van der Waals surface area contributed by atoms with Gasteiger partial charge in [-0.1, -0.05) is 36.4 Å². The lowest BCUT2D eigenvalue weighted by Gasteiger charge is -2.14. The van der Waals surface area contributed by atoms with Gasteiger partial charge in [-0.15, -0.1) is 11.3 Å². The molecule has 32 heavy (non-hydrogen) atoms. The van der Waals surface area contributed by atoms with Crippen molar-refractivity contribution < 1.29 is 14.7 Å². The first kappa shape index (κ1) is 21.7. The highest BCUT2D eigenvalue weighted by molar-refractivity contribution is 7.21. The molecule has 7 heteroatoms. The van der Waals surface area contributed by atoms with Gasteiger partial charge in [0.1, 0.15) is 11.0 Å². The molecular weight excluding hydrogens is 422 g/mol. The lowest BCUT2D eigenvalue weighted by molar-refractivity contribution is -0.141. The van der Waals surface area contributed by atoms with E-state index in [2.05, 4.69) is 28.6 Å². The number of hydrogen-bond acceptors (Lipinski definition) is 5. The second-order valence-corrected chi connectivity index (χ2v) is 8.61. The van der Waals surface area contributed by atoms with Gasteiger partial charge in [0.15, 0.2) is 0 Å². The third-order valence-corrected chi connectivity index (χ3v) is 6.11. The van der Waals surface area contributed by atoms with E-state index in [-0.39, 0.29) is 12.3 Å². The van der Waals surface area contributed by atoms with Gasteiger partial charge in [-0.3, -0.25) is 14.9 Å². The Morgan fingerprint density at radius 3 is 2.50 bits per heavy atom. The highest BCUT2D eigenvalue weighted by atomic mass is 32.1. The molecule has 0 aliphatic carbocycles. The molecule has 1 aromatic heterocycles. The molecule has 3 aromatic carbocycles. The Labute approximate surface area is 189 Å². The summed E-state index contributed by atoms with van der Waals surface area (Å²) in [5.74, 6) is -1.42. The fraction of sp³-hybridized carbons (Fsp3) is 0.160. The van der Waals surface area contributed by atoms with Gasteiger partial charge in [-0.2, -0.15) is 0 Å².